The Labute approximate surface area is 140 Å². The molecule has 0 saturated heterocycles. The van der Waals surface area contributed by atoms with Crippen molar-refractivity contribution in [2.45, 2.75) is 51.8 Å². The lowest BCUT2D eigenvalue weighted by atomic mass is 9.56. The highest BCUT2D eigenvalue weighted by molar-refractivity contribution is 5.76. The monoisotopic (exact) mass is 332 g/mol. The summed E-state index contributed by atoms with van der Waals surface area (Å²) in [6, 6.07) is 5.44. The van der Waals surface area contributed by atoms with Gasteiger partial charge in [-0.1, -0.05) is 19.9 Å². The third-order valence-corrected chi connectivity index (χ3v) is 5.65. The molecule has 2 heterocycles. The molecule has 1 amide bonds. The molecule has 0 radical (unpaired) electrons. The van der Waals surface area contributed by atoms with Crippen molar-refractivity contribution in [3.63, 3.8) is 0 Å². The van der Waals surface area contributed by atoms with Crippen LogP contribution in [-0.4, -0.2) is 38.8 Å². The molecule has 1 saturated carbocycles. The van der Waals surface area contributed by atoms with Crippen molar-refractivity contribution in [3.8, 4) is 0 Å². The zero-order valence-corrected chi connectivity index (χ0v) is 14.6. The van der Waals surface area contributed by atoms with E-state index >= 15 is 0 Å². The van der Waals surface area contributed by atoms with Gasteiger partial charge in [0.2, 0.25) is 5.91 Å². The Morgan fingerprint density at radius 1 is 1.42 bits per heavy atom. The Morgan fingerprint density at radius 3 is 2.79 bits per heavy atom. The van der Waals surface area contributed by atoms with Gasteiger partial charge in [-0.15, -0.1) is 5.10 Å². The molecule has 3 rings (SSSR count). The molecule has 1 aliphatic carbocycles. The van der Waals surface area contributed by atoms with Crippen LogP contribution in [0, 0.1) is 5.41 Å². The zero-order valence-electron chi connectivity index (χ0n) is 14.6. The van der Waals surface area contributed by atoms with Gasteiger partial charge in [-0.3, -0.25) is 9.20 Å². The molecule has 2 unspecified atom stereocenters. The lowest BCUT2D eigenvalue weighted by Gasteiger charge is -2.59. The maximum atomic E-state index is 12.2. The van der Waals surface area contributed by atoms with Crippen LogP contribution < -0.4 is 11.0 Å². The molecule has 1 N–H and O–H groups in total. The highest BCUT2D eigenvalue weighted by atomic mass is 16.5. The van der Waals surface area contributed by atoms with E-state index in [1.54, 1.807) is 25.4 Å². The molecule has 1 fully saturated rings. The quantitative estimate of drug-likeness (QED) is 0.893. The minimum Gasteiger partial charge on any atom is -0.378 e. The van der Waals surface area contributed by atoms with Crippen molar-refractivity contribution >= 4 is 11.6 Å². The van der Waals surface area contributed by atoms with Gasteiger partial charge in [0.05, 0.1) is 12.1 Å². The number of nitrogens with zero attached hydrogens (tertiary/aromatic N) is 3. The lowest BCUT2D eigenvalue weighted by molar-refractivity contribution is -0.182. The predicted molar refractivity (Wildman–Crippen MR) is 89.8 cm³/mol. The van der Waals surface area contributed by atoms with E-state index < -0.39 is 0 Å². The number of amides is 1. The summed E-state index contributed by atoms with van der Waals surface area (Å²) in [5, 5.41) is 7.28. The summed E-state index contributed by atoms with van der Waals surface area (Å²) < 4.78 is 8.37. The van der Waals surface area contributed by atoms with Crippen LogP contribution in [-0.2, 0) is 16.1 Å². The standard InChI is InChI=1S/C17H24N4O3/c1-16(2)12(11-17(16,3)24-4)18-14(22)8-10-21-15(23)20-9-6-5-7-13(20)19-21/h5-7,9,12H,8,10-11H2,1-4H3,(H,18,22). The average Bonchev–Trinajstić information content (AvgIpc) is 2.89. The van der Waals surface area contributed by atoms with Gasteiger partial charge in [0.25, 0.3) is 0 Å². The smallest absolute Gasteiger partial charge is 0.350 e. The van der Waals surface area contributed by atoms with Crippen LogP contribution in [0.5, 0.6) is 0 Å². The molecule has 7 nitrogen and oxygen atoms in total. The summed E-state index contributed by atoms with van der Waals surface area (Å²) in [6.45, 7) is 6.52. The van der Waals surface area contributed by atoms with Gasteiger partial charge < -0.3 is 10.1 Å². The fraction of sp³-hybridized carbons (Fsp3) is 0.588. The zero-order chi connectivity index (χ0) is 17.5. The second-order valence-electron chi connectivity index (χ2n) is 7.17. The number of hydrogen-bond acceptors (Lipinski definition) is 4. The minimum atomic E-state index is -0.227. The molecule has 0 aliphatic heterocycles. The molecular weight excluding hydrogens is 308 g/mol. The summed E-state index contributed by atoms with van der Waals surface area (Å²) >= 11 is 0. The molecule has 0 bridgehead atoms. The van der Waals surface area contributed by atoms with Crippen molar-refractivity contribution in [1.29, 1.82) is 0 Å². The first kappa shape index (κ1) is 16.7. The summed E-state index contributed by atoms with van der Waals surface area (Å²) in [6.07, 6.45) is 2.68. The molecule has 2 aromatic rings. The van der Waals surface area contributed by atoms with Gasteiger partial charge in [-0.05, 0) is 25.5 Å². The number of nitrogens with one attached hydrogen (secondary N) is 1. The maximum Gasteiger partial charge on any atom is 0.350 e. The van der Waals surface area contributed by atoms with E-state index in [4.69, 9.17) is 4.74 Å². The third kappa shape index (κ3) is 2.53. The first-order chi connectivity index (χ1) is 11.3. The summed E-state index contributed by atoms with van der Waals surface area (Å²) in [5.74, 6) is -0.0739. The number of ether oxygens (including phenoxy) is 1. The topological polar surface area (TPSA) is 77.6 Å². The molecule has 130 valence electrons. The highest BCUT2D eigenvalue weighted by Crippen LogP contribution is 2.51. The summed E-state index contributed by atoms with van der Waals surface area (Å²) in [4.78, 5) is 24.4. The van der Waals surface area contributed by atoms with Gasteiger partial charge in [0.15, 0.2) is 5.65 Å². The van der Waals surface area contributed by atoms with E-state index in [9.17, 15) is 9.59 Å². The van der Waals surface area contributed by atoms with Gasteiger partial charge in [-0.2, -0.15) is 0 Å². The Bertz CT molecular complexity index is 823. The number of methoxy groups -OCH3 is 1. The first-order valence-corrected chi connectivity index (χ1v) is 8.17. The molecule has 2 atom stereocenters. The van der Waals surface area contributed by atoms with Crippen LogP contribution in [0.3, 0.4) is 0 Å². The highest BCUT2D eigenvalue weighted by Gasteiger charge is 2.58. The maximum absolute atomic E-state index is 12.2. The Hall–Kier alpha value is -2.15. The van der Waals surface area contributed by atoms with E-state index in [1.807, 2.05) is 6.07 Å². The fourth-order valence-electron chi connectivity index (χ4n) is 3.31. The number of rotatable bonds is 5. The van der Waals surface area contributed by atoms with Crippen LogP contribution >= 0.6 is 0 Å². The molecule has 0 aromatic carbocycles. The van der Waals surface area contributed by atoms with Crippen molar-refractivity contribution in [1.82, 2.24) is 19.5 Å². The van der Waals surface area contributed by atoms with Crippen molar-refractivity contribution in [2.24, 2.45) is 5.41 Å². The van der Waals surface area contributed by atoms with Gasteiger partial charge in [-0.25, -0.2) is 9.48 Å². The number of aromatic nitrogens is 3. The van der Waals surface area contributed by atoms with Crippen LogP contribution in [0.4, 0.5) is 0 Å². The average molecular weight is 332 g/mol. The normalized spacial score (nSPS) is 25.4. The third-order valence-electron chi connectivity index (χ3n) is 5.65. The molecule has 24 heavy (non-hydrogen) atoms. The number of fused-ring (bicyclic) bond motifs is 1. The van der Waals surface area contributed by atoms with Crippen LogP contribution in [0.15, 0.2) is 29.2 Å². The van der Waals surface area contributed by atoms with Crippen LogP contribution in [0.25, 0.3) is 5.65 Å². The summed E-state index contributed by atoms with van der Waals surface area (Å²) in [5.41, 5.74) is 0.00843. The van der Waals surface area contributed by atoms with E-state index in [0.717, 1.165) is 6.42 Å². The first-order valence-electron chi connectivity index (χ1n) is 8.17. The van der Waals surface area contributed by atoms with Crippen molar-refractivity contribution < 1.29 is 9.53 Å². The fourth-order valence-corrected chi connectivity index (χ4v) is 3.31. The molecule has 1 aliphatic rings. The molecule has 7 heteroatoms. The minimum absolute atomic E-state index is 0.0739. The summed E-state index contributed by atoms with van der Waals surface area (Å²) in [7, 11) is 1.70. The number of hydrogen-bond donors (Lipinski definition) is 1. The number of carbonyl (C=O) groups is 1. The molecule has 0 spiro atoms. The van der Waals surface area contributed by atoms with E-state index in [-0.39, 0.29) is 41.6 Å². The second kappa shape index (κ2) is 5.73. The lowest BCUT2D eigenvalue weighted by Crippen LogP contribution is -2.68. The van der Waals surface area contributed by atoms with Crippen LogP contribution in [0.2, 0.25) is 0 Å². The molecular formula is C17H24N4O3. The second-order valence-corrected chi connectivity index (χ2v) is 7.17. The largest absolute Gasteiger partial charge is 0.378 e. The molecule has 2 aromatic heterocycles. The van der Waals surface area contributed by atoms with Gasteiger partial charge in [0, 0.05) is 31.2 Å². The van der Waals surface area contributed by atoms with Crippen LogP contribution in [0.1, 0.15) is 33.6 Å². The Kier molecular flexibility index (Phi) is 3.99. The number of aryl methyl sites for hydroxylation is 1. The number of carbonyl (C=O) groups excluding carboxylic acids is 1. The van der Waals surface area contributed by atoms with Crippen molar-refractivity contribution in [2.75, 3.05) is 7.11 Å². The van der Waals surface area contributed by atoms with Gasteiger partial charge in [0.1, 0.15) is 0 Å². The van der Waals surface area contributed by atoms with E-state index in [0.29, 0.717) is 5.65 Å². The Balaban J connectivity index is 1.60. The van der Waals surface area contributed by atoms with E-state index in [2.05, 4.69) is 31.2 Å². The van der Waals surface area contributed by atoms with E-state index in [1.165, 1.54) is 9.08 Å². The number of pyridine rings is 1. The predicted octanol–water partition coefficient (Wildman–Crippen LogP) is 1.21. The van der Waals surface area contributed by atoms with Gasteiger partial charge >= 0.3 is 5.69 Å². The SMILES string of the molecule is COC1(C)CC(NC(=O)CCn2nc3ccccn3c2=O)C1(C)C. The van der Waals surface area contributed by atoms with Crippen molar-refractivity contribution in [3.05, 3.63) is 34.9 Å². The Morgan fingerprint density at radius 2 is 2.17 bits per heavy atom.